The van der Waals surface area contributed by atoms with E-state index in [2.05, 4.69) is 4.98 Å². The number of nitrogens with zero attached hydrogens (tertiary/aromatic N) is 3. The van der Waals surface area contributed by atoms with Crippen LogP contribution in [0.5, 0.6) is 0 Å². The minimum atomic E-state index is -1.21. The van der Waals surface area contributed by atoms with Gasteiger partial charge in [-0.3, -0.25) is 19.5 Å². The van der Waals surface area contributed by atoms with E-state index in [1.54, 1.807) is 54.7 Å². The van der Waals surface area contributed by atoms with Crippen LogP contribution in [-0.2, 0) is 4.79 Å². The molecule has 7 nitrogen and oxygen atoms in total. The Hall–Kier alpha value is -4.49. The lowest BCUT2D eigenvalue weighted by molar-refractivity contribution is -0.115. The van der Waals surface area contributed by atoms with Gasteiger partial charge in [-0.25, -0.2) is 4.79 Å². The quantitative estimate of drug-likeness (QED) is 0.308. The highest BCUT2D eigenvalue weighted by molar-refractivity contribution is 6.30. The van der Waals surface area contributed by atoms with Gasteiger partial charge < -0.3 is 10.0 Å². The second-order valence-electron chi connectivity index (χ2n) is 8.03. The number of benzene rings is 3. The summed E-state index contributed by atoms with van der Waals surface area (Å²) in [5.74, 6) is -2.00. The van der Waals surface area contributed by atoms with Crippen LogP contribution in [-0.4, -0.2) is 34.8 Å². The molecule has 0 saturated carbocycles. The van der Waals surface area contributed by atoms with Gasteiger partial charge in [-0.15, -0.1) is 0 Å². The number of pyridine rings is 1. The first-order chi connectivity index (χ1) is 17.2. The zero-order valence-corrected chi connectivity index (χ0v) is 20.3. The van der Waals surface area contributed by atoms with E-state index in [0.29, 0.717) is 10.7 Å². The third kappa shape index (κ3) is 5.26. The van der Waals surface area contributed by atoms with E-state index in [4.69, 9.17) is 11.6 Å². The molecular formula is C28H22ClN3O4. The van der Waals surface area contributed by atoms with Crippen LogP contribution in [0.3, 0.4) is 0 Å². The van der Waals surface area contributed by atoms with Crippen LogP contribution in [0.2, 0.25) is 5.02 Å². The van der Waals surface area contributed by atoms with Gasteiger partial charge in [-0.1, -0.05) is 29.8 Å². The van der Waals surface area contributed by atoms with Crippen molar-refractivity contribution in [3.63, 3.8) is 0 Å². The van der Waals surface area contributed by atoms with Crippen LogP contribution in [0.15, 0.2) is 91.1 Å². The molecule has 0 aliphatic rings. The molecule has 1 heterocycles. The van der Waals surface area contributed by atoms with Crippen LogP contribution >= 0.6 is 11.6 Å². The molecule has 0 aliphatic heterocycles. The third-order valence-electron chi connectivity index (χ3n) is 5.60. The van der Waals surface area contributed by atoms with Crippen molar-refractivity contribution in [3.8, 4) is 0 Å². The molecule has 180 valence electrons. The molecule has 0 bridgehead atoms. The van der Waals surface area contributed by atoms with E-state index in [9.17, 15) is 19.5 Å². The maximum absolute atomic E-state index is 13.3. The molecule has 0 aliphatic carbocycles. The Balaban J connectivity index is 1.68. The predicted octanol–water partition coefficient (Wildman–Crippen LogP) is 6.12. The number of hydrogen-bond acceptors (Lipinski definition) is 5. The summed E-state index contributed by atoms with van der Waals surface area (Å²) >= 11 is 5.96. The second kappa shape index (κ2) is 10.4. The molecule has 4 aromatic rings. The zero-order valence-electron chi connectivity index (χ0n) is 19.6. The Labute approximate surface area is 213 Å². The summed E-state index contributed by atoms with van der Waals surface area (Å²) in [5, 5.41) is 10.3. The van der Waals surface area contributed by atoms with E-state index in [1.165, 1.54) is 30.0 Å². The first-order valence-electron chi connectivity index (χ1n) is 11.0. The fraction of sp³-hybridized carbons (Fsp3) is 0.0714. The summed E-state index contributed by atoms with van der Waals surface area (Å²) in [5.41, 5.74) is 2.61. The van der Waals surface area contributed by atoms with E-state index in [-0.39, 0.29) is 28.4 Å². The number of carbonyl (C=O) groups is 3. The van der Waals surface area contributed by atoms with Gasteiger partial charge in [0.15, 0.2) is 0 Å². The van der Waals surface area contributed by atoms with Gasteiger partial charge in [0.1, 0.15) is 5.69 Å². The highest BCUT2D eigenvalue weighted by atomic mass is 35.5. The Bertz CT molecular complexity index is 1420. The number of ketones is 1. The monoisotopic (exact) mass is 499 g/mol. The van der Waals surface area contributed by atoms with E-state index >= 15 is 0 Å². The average Bonchev–Trinajstić information content (AvgIpc) is 2.88. The van der Waals surface area contributed by atoms with Crippen molar-refractivity contribution in [1.82, 2.24) is 4.98 Å². The van der Waals surface area contributed by atoms with Gasteiger partial charge in [0, 0.05) is 35.9 Å². The van der Waals surface area contributed by atoms with Crippen LogP contribution in [0, 0.1) is 0 Å². The second-order valence-corrected chi connectivity index (χ2v) is 8.47. The maximum atomic E-state index is 13.3. The number of carboxylic acid groups (broad SMARTS) is 1. The van der Waals surface area contributed by atoms with Gasteiger partial charge in [-0.2, -0.15) is 0 Å². The molecule has 0 saturated heterocycles. The van der Waals surface area contributed by atoms with Gasteiger partial charge >= 0.3 is 5.97 Å². The van der Waals surface area contributed by atoms with Gasteiger partial charge in [0.25, 0.3) is 0 Å². The lowest BCUT2D eigenvalue weighted by Gasteiger charge is -2.22. The molecule has 0 radical (unpaired) electrons. The number of para-hydroxylation sites is 1. The van der Waals surface area contributed by atoms with Crippen molar-refractivity contribution in [3.05, 3.63) is 113 Å². The summed E-state index contributed by atoms with van der Waals surface area (Å²) in [7, 11) is 1.87. The fourth-order valence-electron chi connectivity index (χ4n) is 3.77. The van der Waals surface area contributed by atoms with E-state index in [0.717, 1.165) is 11.4 Å². The van der Waals surface area contributed by atoms with Crippen LogP contribution in [0.4, 0.5) is 22.7 Å². The first kappa shape index (κ1) is 24.6. The molecule has 1 N–H and O–H groups in total. The zero-order chi connectivity index (χ0) is 25.8. The van der Waals surface area contributed by atoms with E-state index < -0.39 is 11.8 Å². The number of aromatic carboxylic acids is 1. The maximum Gasteiger partial charge on any atom is 0.335 e. The Morgan fingerprint density at radius 2 is 1.42 bits per heavy atom. The van der Waals surface area contributed by atoms with Crippen LogP contribution in [0.25, 0.3) is 0 Å². The Morgan fingerprint density at radius 3 is 2.00 bits per heavy atom. The molecule has 1 aromatic heterocycles. The molecule has 4 rings (SSSR count). The topological polar surface area (TPSA) is 90.8 Å². The third-order valence-corrected chi connectivity index (χ3v) is 5.85. The highest BCUT2D eigenvalue weighted by Gasteiger charge is 2.21. The van der Waals surface area contributed by atoms with Gasteiger partial charge in [-0.05, 0) is 66.7 Å². The highest BCUT2D eigenvalue weighted by Crippen LogP contribution is 2.29. The molecule has 0 unspecified atom stereocenters. The molecule has 0 fully saturated rings. The minimum Gasteiger partial charge on any atom is -0.478 e. The van der Waals surface area contributed by atoms with Gasteiger partial charge in [0.05, 0.1) is 23.1 Å². The lowest BCUT2D eigenvalue weighted by atomic mass is 10.0. The number of carbonyl (C=O) groups excluding carboxylic acids is 2. The summed E-state index contributed by atoms with van der Waals surface area (Å²) in [6.45, 7) is 1.37. The number of hydrogen-bond donors (Lipinski definition) is 1. The number of rotatable bonds is 7. The summed E-state index contributed by atoms with van der Waals surface area (Å²) in [6.07, 6.45) is 1.57. The molecular weight excluding hydrogens is 478 g/mol. The molecule has 36 heavy (non-hydrogen) atoms. The fourth-order valence-corrected chi connectivity index (χ4v) is 3.89. The van der Waals surface area contributed by atoms with Crippen molar-refractivity contribution in [2.45, 2.75) is 6.92 Å². The molecule has 0 spiro atoms. The Morgan fingerprint density at radius 1 is 0.778 bits per heavy atom. The molecule has 3 aromatic carbocycles. The number of amides is 1. The van der Waals surface area contributed by atoms with Crippen molar-refractivity contribution >= 4 is 52.0 Å². The summed E-state index contributed by atoms with van der Waals surface area (Å²) < 4.78 is 0. The Kier molecular flexibility index (Phi) is 7.12. The minimum absolute atomic E-state index is 0.110. The SMILES string of the molecule is CC(=O)N(c1ccccc1)c1cc(C(=O)O)cc(C(=O)c2ccc(N(C)c3ccc(Cl)cc3)cn2)c1. The lowest BCUT2D eigenvalue weighted by Crippen LogP contribution is -2.23. The first-order valence-corrected chi connectivity index (χ1v) is 11.4. The number of anilines is 4. The van der Waals surface area contributed by atoms with Crippen LogP contribution in [0.1, 0.15) is 33.3 Å². The number of aromatic nitrogens is 1. The van der Waals surface area contributed by atoms with Crippen molar-refractivity contribution in [2.75, 3.05) is 16.8 Å². The normalized spacial score (nSPS) is 10.5. The molecule has 1 amide bonds. The summed E-state index contributed by atoms with van der Waals surface area (Å²) in [4.78, 5) is 45.2. The van der Waals surface area contributed by atoms with Crippen molar-refractivity contribution in [2.24, 2.45) is 0 Å². The van der Waals surface area contributed by atoms with Gasteiger partial charge in [0.2, 0.25) is 11.7 Å². The number of carboxylic acids is 1. The smallest absolute Gasteiger partial charge is 0.335 e. The predicted molar refractivity (Wildman–Crippen MR) is 140 cm³/mol. The van der Waals surface area contributed by atoms with Crippen molar-refractivity contribution in [1.29, 1.82) is 0 Å². The standard InChI is InChI=1S/C28H22ClN3O4/c1-18(33)32(23-6-4-3-5-7-23)25-15-19(14-20(16-25)28(35)36)27(34)26-13-12-24(17-30-26)31(2)22-10-8-21(29)9-11-22/h3-17H,1-2H3,(H,35,36). The average molecular weight is 500 g/mol. The molecule has 0 atom stereocenters. The molecule has 8 heteroatoms. The van der Waals surface area contributed by atoms with Crippen LogP contribution < -0.4 is 9.80 Å². The van der Waals surface area contributed by atoms with Crippen molar-refractivity contribution < 1.29 is 19.5 Å². The van der Waals surface area contributed by atoms with E-state index in [1.807, 2.05) is 30.1 Å². The number of halogens is 1. The largest absolute Gasteiger partial charge is 0.478 e. The summed E-state index contributed by atoms with van der Waals surface area (Å²) in [6, 6.07) is 23.6.